The summed E-state index contributed by atoms with van der Waals surface area (Å²) in [5.74, 6) is -0.377. The fraction of sp³-hybridized carbons (Fsp3) is 0.478. The monoisotopic (exact) mass is 453 g/mol. The van der Waals surface area contributed by atoms with Gasteiger partial charge in [0.25, 0.3) is 0 Å². The van der Waals surface area contributed by atoms with E-state index in [0.29, 0.717) is 28.6 Å². The Bertz CT molecular complexity index is 1310. The molecule has 5 heterocycles. The second-order valence-electron chi connectivity index (χ2n) is 10.2. The standard InChI is InChI=1S/C23H28FN7S/c1-13-11-31-12-14(7-16(24)20(31)25-13)17-8-18-19(28-27-17)26-21(32-18)30(6)15-9-22(2,3)29-23(4,5)10-15/h7-8,11-12,15,29H,9-10H2,1-6H3. The molecular formula is C23H28FN7S. The number of piperidine rings is 1. The fourth-order valence-electron chi connectivity index (χ4n) is 5.04. The van der Waals surface area contributed by atoms with Gasteiger partial charge < -0.3 is 14.6 Å². The van der Waals surface area contributed by atoms with Crippen molar-refractivity contribution in [1.82, 2.24) is 29.9 Å². The minimum atomic E-state index is -0.377. The lowest BCUT2D eigenvalue weighted by Crippen LogP contribution is -2.61. The van der Waals surface area contributed by atoms with Crippen molar-refractivity contribution >= 4 is 32.5 Å². The Hall–Kier alpha value is -2.65. The maximum Gasteiger partial charge on any atom is 0.194 e. The van der Waals surface area contributed by atoms with Crippen LogP contribution in [-0.2, 0) is 0 Å². The molecule has 1 fully saturated rings. The lowest BCUT2D eigenvalue weighted by Gasteiger charge is -2.48. The third-order valence-electron chi connectivity index (χ3n) is 6.08. The molecule has 5 rings (SSSR count). The number of imidazole rings is 1. The number of halogens is 1. The lowest BCUT2D eigenvalue weighted by molar-refractivity contribution is 0.161. The molecule has 0 spiro atoms. The number of aromatic nitrogens is 5. The number of fused-ring (bicyclic) bond motifs is 2. The van der Waals surface area contributed by atoms with E-state index in [2.05, 4.69) is 60.1 Å². The molecule has 1 N–H and O–H groups in total. The van der Waals surface area contributed by atoms with Crippen molar-refractivity contribution in [1.29, 1.82) is 0 Å². The van der Waals surface area contributed by atoms with Gasteiger partial charge in [-0.3, -0.25) is 0 Å². The third-order valence-corrected chi connectivity index (χ3v) is 7.17. The summed E-state index contributed by atoms with van der Waals surface area (Å²) in [6, 6.07) is 3.78. The van der Waals surface area contributed by atoms with E-state index in [1.165, 1.54) is 6.07 Å². The predicted octanol–water partition coefficient (Wildman–Crippen LogP) is 4.59. The van der Waals surface area contributed by atoms with Gasteiger partial charge in [-0.15, -0.1) is 10.2 Å². The summed E-state index contributed by atoms with van der Waals surface area (Å²) in [7, 11) is 2.11. The lowest BCUT2D eigenvalue weighted by atomic mass is 9.79. The molecule has 0 unspecified atom stereocenters. The van der Waals surface area contributed by atoms with Crippen molar-refractivity contribution in [2.24, 2.45) is 0 Å². The maximum atomic E-state index is 14.5. The average Bonchev–Trinajstić information content (AvgIpc) is 3.27. The number of nitrogens with one attached hydrogen (secondary N) is 1. The van der Waals surface area contributed by atoms with E-state index in [1.807, 2.05) is 19.2 Å². The van der Waals surface area contributed by atoms with E-state index < -0.39 is 0 Å². The molecule has 0 radical (unpaired) electrons. The number of aryl methyl sites for hydroxylation is 1. The Morgan fingerprint density at radius 2 is 1.81 bits per heavy atom. The summed E-state index contributed by atoms with van der Waals surface area (Å²) in [6.07, 6.45) is 5.70. The van der Waals surface area contributed by atoms with Crippen LogP contribution in [0.2, 0.25) is 0 Å². The van der Waals surface area contributed by atoms with E-state index in [9.17, 15) is 4.39 Å². The van der Waals surface area contributed by atoms with Crippen LogP contribution in [0.4, 0.5) is 9.52 Å². The van der Waals surface area contributed by atoms with Crippen LogP contribution >= 0.6 is 11.3 Å². The van der Waals surface area contributed by atoms with Crippen molar-refractivity contribution in [3.05, 3.63) is 36.0 Å². The molecule has 7 nitrogen and oxygen atoms in total. The van der Waals surface area contributed by atoms with Crippen LogP contribution in [0.25, 0.3) is 27.3 Å². The van der Waals surface area contributed by atoms with Gasteiger partial charge in [0.15, 0.2) is 22.2 Å². The Morgan fingerprint density at radius 3 is 2.53 bits per heavy atom. The van der Waals surface area contributed by atoms with Crippen LogP contribution in [0.5, 0.6) is 0 Å². The van der Waals surface area contributed by atoms with Crippen molar-refractivity contribution in [3.8, 4) is 11.3 Å². The van der Waals surface area contributed by atoms with Crippen LogP contribution in [0, 0.1) is 12.7 Å². The summed E-state index contributed by atoms with van der Waals surface area (Å²) in [5, 5.41) is 13.3. The normalized spacial score (nSPS) is 18.5. The molecule has 0 amide bonds. The first-order chi connectivity index (χ1) is 15.0. The highest BCUT2D eigenvalue weighted by Gasteiger charge is 2.39. The Kier molecular flexibility index (Phi) is 4.76. The average molecular weight is 454 g/mol. The molecule has 0 aromatic carbocycles. The van der Waals surface area contributed by atoms with Gasteiger partial charge in [0.05, 0.1) is 16.1 Å². The molecule has 0 bridgehead atoms. The number of anilines is 1. The number of hydrogen-bond acceptors (Lipinski definition) is 7. The minimum Gasteiger partial charge on any atom is -0.348 e. The van der Waals surface area contributed by atoms with Gasteiger partial charge in [0, 0.05) is 42.1 Å². The molecule has 0 saturated carbocycles. The molecular weight excluding hydrogens is 425 g/mol. The van der Waals surface area contributed by atoms with Gasteiger partial charge in [0.2, 0.25) is 0 Å². The number of nitrogens with zero attached hydrogens (tertiary/aromatic N) is 6. The maximum absolute atomic E-state index is 14.5. The number of thiazole rings is 1. The number of hydrogen-bond donors (Lipinski definition) is 1. The van der Waals surface area contributed by atoms with Crippen molar-refractivity contribution in [2.45, 2.75) is 64.6 Å². The van der Waals surface area contributed by atoms with Gasteiger partial charge in [-0.1, -0.05) is 11.3 Å². The van der Waals surface area contributed by atoms with Crippen LogP contribution < -0.4 is 10.2 Å². The first-order valence-corrected chi connectivity index (χ1v) is 11.6. The van der Waals surface area contributed by atoms with Crippen molar-refractivity contribution in [3.63, 3.8) is 0 Å². The third kappa shape index (κ3) is 3.84. The minimum absolute atomic E-state index is 0.0543. The van der Waals surface area contributed by atoms with Gasteiger partial charge in [-0.2, -0.15) is 4.98 Å². The van der Waals surface area contributed by atoms with Gasteiger partial charge in [0.1, 0.15) is 0 Å². The zero-order valence-corrected chi connectivity index (χ0v) is 20.1. The highest BCUT2D eigenvalue weighted by Crippen LogP contribution is 2.36. The topological polar surface area (TPSA) is 71.2 Å². The zero-order chi connectivity index (χ0) is 22.8. The Balaban J connectivity index is 1.48. The second kappa shape index (κ2) is 7.18. The van der Waals surface area contributed by atoms with E-state index >= 15 is 0 Å². The molecule has 168 valence electrons. The second-order valence-corrected chi connectivity index (χ2v) is 11.2. The van der Waals surface area contributed by atoms with E-state index in [-0.39, 0.29) is 16.9 Å². The van der Waals surface area contributed by atoms with Gasteiger partial charge in [-0.05, 0) is 59.6 Å². The highest BCUT2D eigenvalue weighted by atomic mass is 32.1. The summed E-state index contributed by atoms with van der Waals surface area (Å²) >= 11 is 1.60. The van der Waals surface area contributed by atoms with Crippen LogP contribution in [0.3, 0.4) is 0 Å². The SMILES string of the molecule is Cc1cn2cc(-c3cc4sc(N(C)C5CC(C)(C)NC(C)(C)C5)nc4nn3)cc(F)c2n1. The predicted molar refractivity (Wildman–Crippen MR) is 127 cm³/mol. The summed E-state index contributed by atoms with van der Waals surface area (Å²) in [6.45, 7) is 10.9. The zero-order valence-electron chi connectivity index (χ0n) is 19.3. The Labute approximate surface area is 190 Å². The molecule has 32 heavy (non-hydrogen) atoms. The molecule has 9 heteroatoms. The number of rotatable bonds is 3. The van der Waals surface area contributed by atoms with E-state index in [4.69, 9.17) is 4.98 Å². The van der Waals surface area contributed by atoms with E-state index in [1.54, 1.807) is 21.9 Å². The van der Waals surface area contributed by atoms with Crippen molar-refractivity contribution < 1.29 is 4.39 Å². The summed E-state index contributed by atoms with van der Waals surface area (Å²) in [5.41, 5.74) is 3.08. The quantitative estimate of drug-likeness (QED) is 0.489. The molecule has 1 saturated heterocycles. The van der Waals surface area contributed by atoms with Crippen LogP contribution in [0.1, 0.15) is 46.2 Å². The summed E-state index contributed by atoms with van der Waals surface area (Å²) in [4.78, 5) is 11.2. The largest absolute Gasteiger partial charge is 0.348 e. The molecule has 0 aliphatic carbocycles. The summed E-state index contributed by atoms with van der Waals surface area (Å²) < 4.78 is 17.2. The van der Waals surface area contributed by atoms with Gasteiger partial charge >= 0.3 is 0 Å². The molecule has 1 aliphatic heterocycles. The highest BCUT2D eigenvalue weighted by molar-refractivity contribution is 7.22. The van der Waals surface area contributed by atoms with Crippen LogP contribution in [-0.4, -0.2) is 48.7 Å². The Morgan fingerprint density at radius 1 is 1.09 bits per heavy atom. The molecule has 0 atom stereocenters. The van der Waals surface area contributed by atoms with E-state index in [0.717, 1.165) is 28.4 Å². The molecule has 4 aromatic heterocycles. The smallest absolute Gasteiger partial charge is 0.194 e. The van der Waals surface area contributed by atoms with Gasteiger partial charge in [-0.25, -0.2) is 9.37 Å². The van der Waals surface area contributed by atoms with Crippen molar-refractivity contribution in [2.75, 3.05) is 11.9 Å². The first kappa shape index (κ1) is 21.2. The van der Waals surface area contributed by atoms with Crippen LogP contribution in [0.15, 0.2) is 24.5 Å². The molecule has 4 aromatic rings. The fourth-order valence-corrected chi connectivity index (χ4v) is 6.01. The molecule has 1 aliphatic rings. The number of pyridine rings is 1. The first-order valence-electron chi connectivity index (χ1n) is 10.8.